The van der Waals surface area contributed by atoms with Gasteiger partial charge in [0.05, 0.1) is 6.42 Å². The van der Waals surface area contributed by atoms with Gasteiger partial charge in [0.1, 0.15) is 0 Å². The lowest BCUT2D eigenvalue weighted by Crippen LogP contribution is -2.41. The molecule has 1 saturated carbocycles. The molecule has 0 spiro atoms. The Kier molecular flexibility index (Phi) is 5.81. The fourth-order valence-electron chi connectivity index (χ4n) is 3.43. The van der Waals surface area contributed by atoms with Crippen molar-refractivity contribution in [3.05, 3.63) is 29.3 Å². The van der Waals surface area contributed by atoms with Crippen molar-refractivity contribution in [2.24, 2.45) is 0 Å². The third-order valence-electron chi connectivity index (χ3n) is 4.73. The Morgan fingerprint density at radius 3 is 2.48 bits per heavy atom. The molecule has 2 fully saturated rings. The van der Waals surface area contributed by atoms with Crippen molar-refractivity contribution >= 4 is 29.2 Å². The van der Waals surface area contributed by atoms with Gasteiger partial charge in [0.25, 0.3) is 0 Å². The Morgan fingerprint density at radius 2 is 1.84 bits per heavy atom. The van der Waals surface area contributed by atoms with E-state index in [1.165, 1.54) is 17.7 Å². The number of benzene rings is 1. The summed E-state index contributed by atoms with van der Waals surface area (Å²) in [5, 5.41) is 4.86. The quantitative estimate of drug-likeness (QED) is 0.827. The van der Waals surface area contributed by atoms with E-state index in [2.05, 4.69) is 5.32 Å². The zero-order chi connectivity index (χ0) is 17.8. The Morgan fingerprint density at radius 1 is 1.20 bits per heavy atom. The van der Waals surface area contributed by atoms with Crippen molar-refractivity contribution in [1.29, 1.82) is 0 Å². The predicted octanol–water partition coefficient (Wildman–Crippen LogP) is 3.70. The summed E-state index contributed by atoms with van der Waals surface area (Å²) in [7, 11) is 1.55. The van der Waals surface area contributed by atoms with Crippen molar-refractivity contribution < 1.29 is 14.4 Å². The molecular formula is C18H24ClN3O3. The summed E-state index contributed by atoms with van der Waals surface area (Å²) in [5.41, 5.74) is 0.658. The first-order valence-corrected chi connectivity index (χ1v) is 9.21. The van der Waals surface area contributed by atoms with E-state index >= 15 is 0 Å². The van der Waals surface area contributed by atoms with Crippen molar-refractivity contribution in [3.8, 4) is 0 Å². The molecule has 3 rings (SSSR count). The molecule has 1 N–H and O–H groups in total. The Bertz CT molecular complexity index is 614. The zero-order valence-corrected chi connectivity index (χ0v) is 15.2. The van der Waals surface area contributed by atoms with Gasteiger partial charge in [0.2, 0.25) is 5.91 Å². The molecule has 0 bridgehead atoms. The van der Waals surface area contributed by atoms with Gasteiger partial charge in [-0.1, -0.05) is 37.3 Å². The van der Waals surface area contributed by atoms with Gasteiger partial charge in [-0.15, -0.1) is 0 Å². The van der Waals surface area contributed by atoms with E-state index in [0.717, 1.165) is 30.7 Å². The predicted molar refractivity (Wildman–Crippen MR) is 96.2 cm³/mol. The van der Waals surface area contributed by atoms with Crippen LogP contribution in [0, 0.1) is 0 Å². The molecule has 1 saturated heterocycles. The highest BCUT2D eigenvalue weighted by Gasteiger charge is 2.39. The van der Waals surface area contributed by atoms with Crippen LogP contribution < -0.4 is 10.2 Å². The molecule has 3 amide bonds. The van der Waals surface area contributed by atoms with Gasteiger partial charge in [0, 0.05) is 23.8 Å². The van der Waals surface area contributed by atoms with Gasteiger partial charge in [0.15, 0.2) is 6.23 Å². The molecule has 25 heavy (non-hydrogen) atoms. The van der Waals surface area contributed by atoms with E-state index in [-0.39, 0.29) is 24.4 Å². The van der Waals surface area contributed by atoms with E-state index in [0.29, 0.717) is 10.7 Å². The number of anilines is 1. The number of amides is 3. The van der Waals surface area contributed by atoms with Gasteiger partial charge in [-0.2, -0.15) is 0 Å². The molecule has 6 nitrogen and oxygen atoms in total. The summed E-state index contributed by atoms with van der Waals surface area (Å²) >= 11 is 5.92. The third kappa shape index (κ3) is 4.44. The second-order valence-corrected chi connectivity index (χ2v) is 7.08. The van der Waals surface area contributed by atoms with Crippen molar-refractivity contribution in [2.45, 2.75) is 57.2 Å². The van der Waals surface area contributed by atoms with E-state index in [1.54, 1.807) is 31.3 Å². The minimum atomic E-state index is -0.649. The monoisotopic (exact) mass is 365 g/mol. The summed E-state index contributed by atoms with van der Waals surface area (Å²) in [6, 6.07) is 6.86. The van der Waals surface area contributed by atoms with Crippen LogP contribution in [0.1, 0.15) is 44.9 Å². The van der Waals surface area contributed by atoms with Crippen LogP contribution >= 0.6 is 11.6 Å². The largest absolute Gasteiger partial charge is 0.353 e. The molecule has 0 radical (unpaired) electrons. The second kappa shape index (κ2) is 8.06. The Balaban J connectivity index is 1.65. The minimum absolute atomic E-state index is 0.0843. The molecule has 1 aliphatic heterocycles. The number of rotatable bonds is 4. The number of nitrogens with zero attached hydrogens (tertiary/aromatic N) is 2. The molecule has 1 aromatic rings. The van der Waals surface area contributed by atoms with Gasteiger partial charge >= 0.3 is 6.03 Å². The first-order valence-electron chi connectivity index (χ1n) is 8.83. The molecule has 1 heterocycles. The topological polar surface area (TPSA) is 61.9 Å². The Hall–Kier alpha value is -1.79. The van der Waals surface area contributed by atoms with Crippen molar-refractivity contribution in [1.82, 2.24) is 10.4 Å². The van der Waals surface area contributed by atoms with Crippen LogP contribution in [0.3, 0.4) is 0 Å². The standard InChI is InChI=1S/C18H24ClN3O3/c1-21-18(24)22(15-10-8-13(19)9-11-15)17(25-21)12-16(23)20-14-6-4-2-3-5-7-14/h8-11,14,17H,2-7,12H2,1H3,(H,20,23)/t17-/m0/s1. The summed E-state index contributed by atoms with van der Waals surface area (Å²) in [5.74, 6) is -0.0843. The molecule has 136 valence electrons. The summed E-state index contributed by atoms with van der Waals surface area (Å²) in [4.78, 5) is 31.9. The molecule has 1 aromatic carbocycles. The van der Waals surface area contributed by atoms with Crippen molar-refractivity contribution in [2.75, 3.05) is 11.9 Å². The van der Waals surface area contributed by atoms with Crippen LogP contribution in [0.15, 0.2) is 24.3 Å². The van der Waals surface area contributed by atoms with Crippen LogP contribution in [0.25, 0.3) is 0 Å². The fourth-order valence-corrected chi connectivity index (χ4v) is 3.55. The highest BCUT2D eigenvalue weighted by atomic mass is 35.5. The number of hydrogen-bond acceptors (Lipinski definition) is 3. The number of nitrogens with one attached hydrogen (secondary N) is 1. The van der Waals surface area contributed by atoms with Gasteiger partial charge in [-0.05, 0) is 37.1 Å². The lowest BCUT2D eigenvalue weighted by Gasteiger charge is -2.22. The SMILES string of the molecule is CN1O[C@@H](CC(=O)NC2CCCCCC2)N(c2ccc(Cl)cc2)C1=O. The number of hydrogen-bond donors (Lipinski definition) is 1. The van der Waals surface area contributed by atoms with Gasteiger partial charge in [-0.25, -0.2) is 14.7 Å². The molecule has 1 aliphatic carbocycles. The maximum Gasteiger partial charge on any atom is 0.350 e. The first kappa shape index (κ1) is 18.0. The maximum absolute atomic E-state index is 12.5. The normalized spacial score (nSPS) is 22.2. The van der Waals surface area contributed by atoms with Gasteiger partial charge in [-0.3, -0.25) is 9.69 Å². The van der Waals surface area contributed by atoms with E-state index in [9.17, 15) is 9.59 Å². The van der Waals surface area contributed by atoms with Crippen LogP contribution in [0.5, 0.6) is 0 Å². The number of carbonyl (C=O) groups excluding carboxylic acids is 2. The van der Waals surface area contributed by atoms with Crippen LogP contribution in [-0.4, -0.2) is 36.3 Å². The van der Waals surface area contributed by atoms with Gasteiger partial charge < -0.3 is 5.32 Å². The zero-order valence-electron chi connectivity index (χ0n) is 14.4. The highest BCUT2D eigenvalue weighted by Crippen LogP contribution is 2.28. The van der Waals surface area contributed by atoms with E-state index in [4.69, 9.17) is 16.4 Å². The summed E-state index contributed by atoms with van der Waals surface area (Å²) in [6.07, 6.45) is 6.29. The van der Waals surface area contributed by atoms with Crippen LogP contribution in [0.4, 0.5) is 10.5 Å². The van der Waals surface area contributed by atoms with Crippen LogP contribution in [0.2, 0.25) is 5.02 Å². The molecule has 0 unspecified atom stereocenters. The average Bonchev–Trinajstić information content (AvgIpc) is 2.76. The first-order chi connectivity index (χ1) is 12.0. The number of halogens is 1. The molecule has 0 aromatic heterocycles. The molecule has 2 aliphatic rings. The van der Waals surface area contributed by atoms with E-state index < -0.39 is 6.23 Å². The lowest BCUT2D eigenvalue weighted by atomic mass is 10.1. The summed E-state index contributed by atoms with van der Waals surface area (Å²) in [6.45, 7) is 0. The molecular weight excluding hydrogens is 342 g/mol. The maximum atomic E-state index is 12.5. The minimum Gasteiger partial charge on any atom is -0.353 e. The number of urea groups is 1. The third-order valence-corrected chi connectivity index (χ3v) is 4.98. The number of carbonyl (C=O) groups is 2. The Labute approximate surface area is 153 Å². The fraction of sp³-hybridized carbons (Fsp3) is 0.556. The smallest absolute Gasteiger partial charge is 0.350 e. The highest BCUT2D eigenvalue weighted by molar-refractivity contribution is 6.30. The second-order valence-electron chi connectivity index (χ2n) is 6.65. The van der Waals surface area contributed by atoms with Crippen LogP contribution in [-0.2, 0) is 9.63 Å². The molecule has 1 atom stereocenters. The molecule has 7 heteroatoms. The van der Waals surface area contributed by atoms with E-state index in [1.807, 2.05) is 0 Å². The summed E-state index contributed by atoms with van der Waals surface area (Å²) < 4.78 is 0. The average molecular weight is 366 g/mol. The number of hydroxylamine groups is 2. The lowest BCUT2D eigenvalue weighted by molar-refractivity contribution is -0.134. The van der Waals surface area contributed by atoms with Crippen molar-refractivity contribution in [3.63, 3.8) is 0 Å².